The van der Waals surface area contributed by atoms with Gasteiger partial charge in [-0.1, -0.05) is 18.6 Å². The maximum Gasteiger partial charge on any atom is 0.320 e. The zero-order valence-corrected chi connectivity index (χ0v) is 11.0. The second kappa shape index (κ2) is 6.57. The smallest absolute Gasteiger partial charge is 0.320 e. The highest BCUT2D eigenvalue weighted by molar-refractivity contribution is 5.73. The highest BCUT2D eigenvalue weighted by Crippen LogP contribution is 2.23. The molecule has 3 N–H and O–H groups in total. The number of hydrogen-bond acceptors (Lipinski definition) is 3. The molecule has 1 aliphatic carbocycles. The van der Waals surface area contributed by atoms with Gasteiger partial charge in [0, 0.05) is 0 Å². The Labute approximate surface area is 113 Å². The van der Waals surface area contributed by atoms with Crippen molar-refractivity contribution in [3.8, 4) is 5.75 Å². The lowest BCUT2D eigenvalue weighted by molar-refractivity contribution is -0.138. The quantitative estimate of drug-likeness (QED) is 0.855. The normalized spacial score (nSPS) is 17.9. The van der Waals surface area contributed by atoms with Gasteiger partial charge in [-0.2, -0.15) is 0 Å². The minimum absolute atomic E-state index is 0.334. The van der Waals surface area contributed by atoms with E-state index < -0.39 is 12.0 Å². The van der Waals surface area contributed by atoms with Crippen molar-refractivity contribution in [3.63, 3.8) is 0 Å². The Bertz CT molecular complexity index is 410. The molecular weight excluding hydrogens is 242 g/mol. The van der Waals surface area contributed by atoms with Crippen molar-refractivity contribution >= 4 is 5.97 Å². The van der Waals surface area contributed by atoms with Crippen molar-refractivity contribution in [2.45, 2.75) is 50.7 Å². The number of hydrogen-bond donors (Lipinski definition) is 2. The number of carboxylic acid groups (broad SMARTS) is 1. The van der Waals surface area contributed by atoms with Crippen LogP contribution in [0.15, 0.2) is 24.3 Å². The molecule has 0 unspecified atom stereocenters. The van der Waals surface area contributed by atoms with Crippen LogP contribution in [0.25, 0.3) is 0 Å². The molecule has 0 heterocycles. The molecule has 104 valence electrons. The Hall–Kier alpha value is -1.55. The lowest BCUT2D eigenvalue weighted by atomic mass is 9.98. The average molecular weight is 263 g/mol. The SMILES string of the molecule is N[C@@H](Cc1ccc(OC2CCCCC2)cc1)C(=O)O. The van der Waals surface area contributed by atoms with Gasteiger partial charge in [0.05, 0.1) is 6.10 Å². The predicted molar refractivity (Wildman–Crippen MR) is 73.3 cm³/mol. The van der Waals surface area contributed by atoms with Gasteiger partial charge in [0.25, 0.3) is 0 Å². The third-order valence-electron chi connectivity index (χ3n) is 3.55. The molecule has 1 aromatic rings. The zero-order valence-electron chi connectivity index (χ0n) is 11.0. The van der Waals surface area contributed by atoms with Gasteiger partial charge in [-0.3, -0.25) is 4.79 Å². The largest absolute Gasteiger partial charge is 0.490 e. The average Bonchev–Trinajstić information content (AvgIpc) is 2.42. The second-order valence-electron chi connectivity index (χ2n) is 5.17. The Morgan fingerprint density at radius 1 is 1.26 bits per heavy atom. The zero-order chi connectivity index (χ0) is 13.7. The number of aliphatic carboxylic acids is 1. The standard InChI is InChI=1S/C15H21NO3/c16-14(15(17)18)10-11-6-8-13(9-7-11)19-12-4-2-1-3-5-12/h6-9,12,14H,1-5,10,16H2,(H,17,18)/t14-/m0/s1. The summed E-state index contributed by atoms with van der Waals surface area (Å²) in [5, 5.41) is 8.76. The molecule has 2 rings (SSSR count). The monoisotopic (exact) mass is 263 g/mol. The van der Waals surface area contributed by atoms with Crippen molar-refractivity contribution in [2.24, 2.45) is 5.73 Å². The number of rotatable bonds is 5. The minimum Gasteiger partial charge on any atom is -0.490 e. The molecule has 1 fully saturated rings. The highest BCUT2D eigenvalue weighted by Gasteiger charge is 2.15. The second-order valence-corrected chi connectivity index (χ2v) is 5.17. The molecule has 0 aromatic heterocycles. The maximum absolute atomic E-state index is 10.7. The summed E-state index contributed by atoms with van der Waals surface area (Å²) in [6.45, 7) is 0. The third kappa shape index (κ3) is 4.24. The molecule has 1 saturated carbocycles. The number of carbonyl (C=O) groups is 1. The molecule has 19 heavy (non-hydrogen) atoms. The van der Waals surface area contributed by atoms with Gasteiger partial charge in [0.2, 0.25) is 0 Å². The Morgan fingerprint density at radius 2 is 1.89 bits per heavy atom. The van der Waals surface area contributed by atoms with Crippen LogP contribution >= 0.6 is 0 Å². The predicted octanol–water partition coefficient (Wildman–Crippen LogP) is 2.35. The first-order valence-electron chi connectivity index (χ1n) is 6.89. The van der Waals surface area contributed by atoms with E-state index in [1.54, 1.807) is 0 Å². The molecule has 0 bridgehead atoms. The fraction of sp³-hybridized carbons (Fsp3) is 0.533. The summed E-state index contributed by atoms with van der Waals surface area (Å²) in [6, 6.07) is 6.74. The molecule has 1 aliphatic rings. The Morgan fingerprint density at radius 3 is 2.47 bits per heavy atom. The van der Waals surface area contributed by atoms with Crippen LogP contribution in [0.4, 0.5) is 0 Å². The Balaban J connectivity index is 1.88. The maximum atomic E-state index is 10.7. The summed E-state index contributed by atoms with van der Waals surface area (Å²) in [5.41, 5.74) is 6.43. The van der Waals surface area contributed by atoms with Crippen LogP contribution in [0.1, 0.15) is 37.7 Å². The van der Waals surface area contributed by atoms with E-state index >= 15 is 0 Å². The van der Waals surface area contributed by atoms with Crippen LogP contribution in [-0.4, -0.2) is 23.2 Å². The summed E-state index contributed by atoms with van der Waals surface area (Å²) in [7, 11) is 0. The van der Waals surface area contributed by atoms with Crippen molar-refractivity contribution in [3.05, 3.63) is 29.8 Å². The fourth-order valence-electron chi connectivity index (χ4n) is 2.42. The van der Waals surface area contributed by atoms with E-state index in [4.69, 9.17) is 15.6 Å². The van der Waals surface area contributed by atoms with Crippen LogP contribution in [0, 0.1) is 0 Å². The van der Waals surface area contributed by atoms with E-state index in [1.165, 1.54) is 19.3 Å². The van der Waals surface area contributed by atoms with Gasteiger partial charge >= 0.3 is 5.97 Å². The van der Waals surface area contributed by atoms with Crippen LogP contribution in [0.2, 0.25) is 0 Å². The molecule has 0 saturated heterocycles. The molecule has 0 aliphatic heterocycles. The van der Waals surface area contributed by atoms with E-state index in [1.807, 2.05) is 24.3 Å². The Kier molecular flexibility index (Phi) is 4.80. The lowest BCUT2D eigenvalue weighted by Crippen LogP contribution is -2.32. The van der Waals surface area contributed by atoms with Gasteiger partial charge in [0.1, 0.15) is 11.8 Å². The number of ether oxygens (including phenoxy) is 1. The van der Waals surface area contributed by atoms with Gasteiger partial charge < -0.3 is 15.6 Å². The first-order valence-corrected chi connectivity index (χ1v) is 6.89. The first-order chi connectivity index (χ1) is 9.15. The van der Waals surface area contributed by atoms with Crippen LogP contribution in [-0.2, 0) is 11.2 Å². The summed E-state index contributed by atoms with van der Waals surface area (Å²) >= 11 is 0. The van der Waals surface area contributed by atoms with E-state index in [9.17, 15) is 4.79 Å². The number of carboxylic acids is 1. The van der Waals surface area contributed by atoms with Crippen LogP contribution in [0.5, 0.6) is 5.75 Å². The molecule has 4 nitrogen and oxygen atoms in total. The third-order valence-corrected chi connectivity index (χ3v) is 3.55. The van der Waals surface area contributed by atoms with Crippen LogP contribution in [0.3, 0.4) is 0 Å². The molecular formula is C15H21NO3. The van der Waals surface area contributed by atoms with Crippen molar-refractivity contribution in [1.29, 1.82) is 0 Å². The lowest BCUT2D eigenvalue weighted by Gasteiger charge is -2.23. The van der Waals surface area contributed by atoms with E-state index in [2.05, 4.69) is 0 Å². The fourth-order valence-corrected chi connectivity index (χ4v) is 2.42. The topological polar surface area (TPSA) is 72.5 Å². The summed E-state index contributed by atoms with van der Waals surface area (Å²) < 4.78 is 5.92. The van der Waals surface area contributed by atoms with Crippen molar-refractivity contribution < 1.29 is 14.6 Å². The summed E-state index contributed by atoms with van der Waals surface area (Å²) in [4.78, 5) is 10.7. The number of benzene rings is 1. The summed E-state index contributed by atoms with van der Waals surface area (Å²) in [6.07, 6.45) is 6.75. The van der Waals surface area contributed by atoms with Crippen molar-refractivity contribution in [2.75, 3.05) is 0 Å². The molecule has 1 atom stereocenters. The van der Waals surface area contributed by atoms with E-state index in [0.717, 1.165) is 24.2 Å². The molecule has 0 radical (unpaired) electrons. The molecule has 1 aromatic carbocycles. The van der Waals surface area contributed by atoms with Crippen molar-refractivity contribution in [1.82, 2.24) is 0 Å². The van der Waals surface area contributed by atoms with Gasteiger partial charge in [-0.05, 0) is 49.8 Å². The minimum atomic E-state index is -0.970. The molecule has 4 heteroatoms. The first kappa shape index (κ1) is 13.9. The van der Waals surface area contributed by atoms with E-state index in [0.29, 0.717) is 12.5 Å². The van der Waals surface area contributed by atoms with Crippen LogP contribution < -0.4 is 10.5 Å². The van der Waals surface area contributed by atoms with Gasteiger partial charge in [0.15, 0.2) is 0 Å². The number of nitrogens with two attached hydrogens (primary N) is 1. The van der Waals surface area contributed by atoms with Gasteiger partial charge in [-0.25, -0.2) is 0 Å². The summed E-state index contributed by atoms with van der Waals surface area (Å²) in [5.74, 6) is -0.109. The van der Waals surface area contributed by atoms with E-state index in [-0.39, 0.29) is 0 Å². The molecule has 0 spiro atoms. The highest BCUT2D eigenvalue weighted by atomic mass is 16.5. The van der Waals surface area contributed by atoms with Gasteiger partial charge in [-0.15, -0.1) is 0 Å². The molecule has 0 amide bonds.